The van der Waals surface area contributed by atoms with Crippen molar-refractivity contribution in [3.63, 3.8) is 0 Å². The van der Waals surface area contributed by atoms with Crippen molar-refractivity contribution in [2.45, 2.75) is 109 Å². The van der Waals surface area contributed by atoms with Gasteiger partial charge in [0.05, 0.1) is 32.9 Å². The van der Waals surface area contributed by atoms with Crippen molar-refractivity contribution >= 4 is 54.2 Å². The lowest BCUT2D eigenvalue weighted by Crippen LogP contribution is -2.46. The molecule has 0 rings (SSSR count). The van der Waals surface area contributed by atoms with Gasteiger partial charge in [-0.2, -0.15) is 12.6 Å². The summed E-state index contributed by atoms with van der Waals surface area (Å²) < 4.78 is 10.7. The summed E-state index contributed by atoms with van der Waals surface area (Å²) in [7, 11) is 0. The molecule has 306 valence electrons. The highest BCUT2D eigenvalue weighted by molar-refractivity contribution is 7.80. The molecule has 0 aliphatic heterocycles. The number of unbranched alkanes of at least 4 members (excludes halogenated alkanes) is 9. The number of ether oxygens (including phenoxy) is 2. The molecule has 18 heteroatoms. The maximum Gasteiger partial charge on any atom is 0.320 e. The van der Waals surface area contributed by atoms with Gasteiger partial charge in [0.1, 0.15) is 12.6 Å². The van der Waals surface area contributed by atoms with Gasteiger partial charge < -0.3 is 46.1 Å². The van der Waals surface area contributed by atoms with Crippen LogP contribution in [0.4, 0.5) is 0 Å². The first kappa shape index (κ1) is 49.5. The summed E-state index contributed by atoms with van der Waals surface area (Å²) in [6, 6.07) is -1.29. The van der Waals surface area contributed by atoms with E-state index in [1.54, 1.807) is 0 Å². The van der Waals surface area contributed by atoms with Crippen LogP contribution in [0.15, 0.2) is 0 Å². The van der Waals surface area contributed by atoms with Crippen molar-refractivity contribution in [2.75, 3.05) is 71.4 Å². The largest absolute Gasteiger partial charge is 0.480 e. The fraction of sp³-hybridized carbons (Fsp3) is 0.800. The number of aliphatic carboxylic acids is 3. The number of rotatable bonds is 37. The van der Waals surface area contributed by atoms with Gasteiger partial charge in [0.25, 0.3) is 0 Å². The average Bonchev–Trinajstić information content (AvgIpc) is 3.09. The second-order valence-electron chi connectivity index (χ2n) is 12.6. The standard InChI is InChI=1S/C35H63N5O12S/c41-29(14-7-5-3-1-2-4-6-12-24-53)36-18-10-11-19-38-32(44)27-52-23-22-51-21-20-39-31(43)16-15-30(42)37-17-9-8-13-28(35(49)50)40(25-33(45)46)26-34(47)48/h28,53H,1-27H2,(H,36,41)(H,37,42)(H,38,44)(H,39,43)(H,45,46)(H,47,48)(H,49,50)/t28-/m0/s1. The zero-order valence-electron chi connectivity index (χ0n) is 31.1. The van der Waals surface area contributed by atoms with Crippen LogP contribution < -0.4 is 21.3 Å². The Morgan fingerprint density at radius 1 is 0.509 bits per heavy atom. The Morgan fingerprint density at radius 2 is 0.962 bits per heavy atom. The fourth-order valence-electron chi connectivity index (χ4n) is 5.13. The van der Waals surface area contributed by atoms with Crippen LogP contribution in [0.3, 0.4) is 0 Å². The third-order valence-corrected chi connectivity index (χ3v) is 8.26. The van der Waals surface area contributed by atoms with Gasteiger partial charge in [0.2, 0.25) is 23.6 Å². The van der Waals surface area contributed by atoms with Gasteiger partial charge in [-0.3, -0.25) is 38.5 Å². The molecular weight excluding hydrogens is 714 g/mol. The summed E-state index contributed by atoms with van der Waals surface area (Å²) in [5, 5.41) is 38.3. The molecule has 0 heterocycles. The van der Waals surface area contributed by atoms with E-state index in [0.717, 1.165) is 36.3 Å². The van der Waals surface area contributed by atoms with E-state index in [9.17, 15) is 38.7 Å². The highest BCUT2D eigenvalue weighted by Crippen LogP contribution is 2.11. The van der Waals surface area contributed by atoms with E-state index >= 15 is 0 Å². The van der Waals surface area contributed by atoms with Crippen molar-refractivity contribution < 1.29 is 58.4 Å². The van der Waals surface area contributed by atoms with E-state index in [4.69, 9.17) is 19.7 Å². The fourth-order valence-corrected chi connectivity index (χ4v) is 5.35. The monoisotopic (exact) mass is 777 g/mol. The smallest absolute Gasteiger partial charge is 0.320 e. The third-order valence-electron chi connectivity index (χ3n) is 7.94. The number of carboxylic acids is 3. The Labute approximate surface area is 318 Å². The van der Waals surface area contributed by atoms with Crippen LogP contribution in [0, 0.1) is 0 Å². The van der Waals surface area contributed by atoms with Crippen molar-refractivity contribution in [3.05, 3.63) is 0 Å². The predicted octanol–water partition coefficient (Wildman–Crippen LogP) is 1.58. The second-order valence-corrected chi connectivity index (χ2v) is 13.1. The summed E-state index contributed by atoms with van der Waals surface area (Å²) in [5.74, 6) is -3.93. The van der Waals surface area contributed by atoms with Gasteiger partial charge >= 0.3 is 17.9 Å². The van der Waals surface area contributed by atoms with Crippen LogP contribution in [-0.2, 0) is 43.0 Å². The van der Waals surface area contributed by atoms with E-state index in [1.807, 2.05) is 0 Å². The molecule has 0 aromatic rings. The zero-order valence-corrected chi connectivity index (χ0v) is 32.0. The molecule has 17 nitrogen and oxygen atoms in total. The Kier molecular flexibility index (Phi) is 32.0. The molecule has 0 saturated carbocycles. The minimum absolute atomic E-state index is 0.000137. The molecule has 7 N–H and O–H groups in total. The molecule has 0 fully saturated rings. The van der Waals surface area contributed by atoms with E-state index in [1.165, 1.54) is 38.5 Å². The maximum atomic E-state index is 12.0. The number of amides is 4. The highest BCUT2D eigenvalue weighted by atomic mass is 32.1. The van der Waals surface area contributed by atoms with Crippen LogP contribution in [0.5, 0.6) is 0 Å². The van der Waals surface area contributed by atoms with E-state index in [-0.39, 0.29) is 82.4 Å². The predicted molar refractivity (Wildman–Crippen MR) is 200 cm³/mol. The molecule has 4 amide bonds. The van der Waals surface area contributed by atoms with Crippen LogP contribution in [-0.4, -0.2) is 139 Å². The Hall–Kier alpha value is -3.48. The van der Waals surface area contributed by atoms with Gasteiger partial charge in [0, 0.05) is 45.4 Å². The van der Waals surface area contributed by atoms with E-state index in [0.29, 0.717) is 32.4 Å². The lowest BCUT2D eigenvalue weighted by molar-refractivity contribution is -0.149. The van der Waals surface area contributed by atoms with E-state index in [2.05, 4.69) is 33.9 Å². The van der Waals surface area contributed by atoms with E-state index < -0.39 is 37.0 Å². The average molecular weight is 778 g/mol. The van der Waals surface area contributed by atoms with Crippen molar-refractivity contribution in [3.8, 4) is 0 Å². The lowest BCUT2D eigenvalue weighted by Gasteiger charge is -2.25. The second kappa shape index (κ2) is 34.3. The number of carbonyl (C=O) groups is 7. The van der Waals surface area contributed by atoms with Crippen LogP contribution in [0.25, 0.3) is 0 Å². The Balaban J connectivity index is 3.70. The molecule has 53 heavy (non-hydrogen) atoms. The molecule has 0 aliphatic rings. The summed E-state index contributed by atoms with van der Waals surface area (Å²) in [6.07, 6.45) is 12.0. The molecule has 0 unspecified atom stereocenters. The Bertz CT molecular complexity index is 1050. The molecule has 0 saturated heterocycles. The van der Waals surface area contributed by atoms with Crippen LogP contribution in [0.1, 0.15) is 103 Å². The normalized spacial score (nSPS) is 11.5. The highest BCUT2D eigenvalue weighted by Gasteiger charge is 2.28. The van der Waals surface area contributed by atoms with Crippen LogP contribution in [0.2, 0.25) is 0 Å². The molecule has 0 aliphatic carbocycles. The minimum Gasteiger partial charge on any atom is -0.480 e. The minimum atomic E-state index is -1.34. The van der Waals surface area contributed by atoms with Crippen molar-refractivity contribution in [1.29, 1.82) is 0 Å². The van der Waals surface area contributed by atoms with Gasteiger partial charge in [-0.1, -0.05) is 38.5 Å². The summed E-state index contributed by atoms with van der Waals surface area (Å²) in [5.41, 5.74) is 0. The van der Waals surface area contributed by atoms with Crippen molar-refractivity contribution in [2.24, 2.45) is 0 Å². The zero-order chi connectivity index (χ0) is 39.5. The number of thiol groups is 1. The topological polar surface area (TPSA) is 250 Å². The molecule has 0 bridgehead atoms. The first-order chi connectivity index (χ1) is 25.5. The van der Waals surface area contributed by atoms with Crippen LogP contribution >= 0.6 is 12.6 Å². The number of nitrogens with zero attached hydrogens (tertiary/aromatic N) is 1. The van der Waals surface area contributed by atoms with Gasteiger partial charge in [-0.25, -0.2) is 0 Å². The molecular formula is C35H63N5O12S. The number of carbonyl (C=O) groups excluding carboxylic acids is 4. The molecule has 0 aromatic carbocycles. The Morgan fingerprint density at radius 3 is 1.49 bits per heavy atom. The third kappa shape index (κ3) is 32.9. The number of nitrogens with one attached hydrogen (secondary N) is 4. The first-order valence-corrected chi connectivity index (χ1v) is 19.3. The summed E-state index contributed by atoms with van der Waals surface area (Å²) in [4.78, 5) is 82.2. The number of hydrogen-bond donors (Lipinski definition) is 8. The van der Waals surface area contributed by atoms with Gasteiger partial charge in [0.15, 0.2) is 0 Å². The SMILES string of the molecule is O=C(O)CN(CC(=O)O)[C@@H](CCCCNC(=O)CCC(=O)NCCOCCOCC(=O)NCCCCNC(=O)CCCCCCCCCCS)C(=O)O. The maximum absolute atomic E-state index is 12.0. The summed E-state index contributed by atoms with van der Waals surface area (Å²) >= 11 is 4.22. The number of hydrogen-bond acceptors (Lipinski definition) is 11. The molecule has 1 atom stereocenters. The summed E-state index contributed by atoms with van der Waals surface area (Å²) in [6.45, 7) is 0.601. The molecule has 0 aromatic heterocycles. The molecule has 0 spiro atoms. The molecule has 0 radical (unpaired) electrons. The van der Waals surface area contributed by atoms with Gasteiger partial charge in [-0.05, 0) is 50.7 Å². The van der Waals surface area contributed by atoms with Gasteiger partial charge in [-0.15, -0.1) is 0 Å². The quantitative estimate of drug-likeness (QED) is 0.0330. The van der Waals surface area contributed by atoms with Crippen molar-refractivity contribution in [1.82, 2.24) is 26.2 Å². The number of carboxylic acid groups (broad SMARTS) is 3. The lowest BCUT2D eigenvalue weighted by atomic mass is 10.1. The first-order valence-electron chi connectivity index (χ1n) is 18.7.